The molecule has 0 aliphatic rings. The Hall–Kier alpha value is -2.95. The summed E-state index contributed by atoms with van der Waals surface area (Å²) in [5.41, 5.74) is 2.89. The first-order valence-electron chi connectivity index (χ1n) is 7.27. The van der Waals surface area contributed by atoms with Gasteiger partial charge in [-0.2, -0.15) is 0 Å². The van der Waals surface area contributed by atoms with Gasteiger partial charge in [-0.05, 0) is 18.2 Å². The van der Waals surface area contributed by atoms with E-state index >= 15 is 0 Å². The zero-order valence-electron chi connectivity index (χ0n) is 13.1. The van der Waals surface area contributed by atoms with Crippen LogP contribution in [-0.2, 0) is 0 Å². The summed E-state index contributed by atoms with van der Waals surface area (Å²) in [6.07, 6.45) is 0. The van der Waals surface area contributed by atoms with Crippen LogP contribution in [0.15, 0.2) is 36.4 Å². The maximum absolute atomic E-state index is 5.51. The van der Waals surface area contributed by atoms with E-state index in [-0.39, 0.29) is 0 Å². The second-order valence-electron chi connectivity index (χ2n) is 5.27. The molecule has 0 unspecified atom stereocenters. The number of benzene rings is 2. The summed E-state index contributed by atoms with van der Waals surface area (Å²) in [7, 11) is 4.87. The van der Waals surface area contributed by atoms with Gasteiger partial charge in [-0.1, -0.05) is 18.2 Å². The van der Waals surface area contributed by atoms with Crippen molar-refractivity contribution in [3.05, 3.63) is 36.4 Å². The van der Waals surface area contributed by atoms with Crippen molar-refractivity contribution in [1.82, 2.24) is 9.97 Å². The lowest BCUT2D eigenvalue weighted by atomic mass is 10.1. The molecule has 0 fully saturated rings. The fourth-order valence-electron chi connectivity index (χ4n) is 3.02. The van der Waals surface area contributed by atoms with Crippen molar-refractivity contribution < 1.29 is 14.2 Å². The molecule has 116 valence electrons. The number of aromatic nitrogens is 2. The molecule has 4 aromatic rings. The molecule has 0 saturated carbocycles. The van der Waals surface area contributed by atoms with Gasteiger partial charge in [0.05, 0.1) is 32.2 Å². The highest BCUT2D eigenvalue weighted by Crippen LogP contribution is 2.40. The number of ether oxygens (including phenoxy) is 3. The largest absolute Gasteiger partial charge is 0.493 e. The van der Waals surface area contributed by atoms with E-state index < -0.39 is 0 Å². The predicted molar refractivity (Wildman–Crippen MR) is 90.8 cm³/mol. The van der Waals surface area contributed by atoms with Crippen molar-refractivity contribution >= 4 is 32.7 Å². The summed E-state index contributed by atoms with van der Waals surface area (Å²) < 4.78 is 16.3. The fraction of sp³-hybridized carbons (Fsp3) is 0.167. The lowest BCUT2D eigenvalue weighted by Crippen LogP contribution is -1.94. The second kappa shape index (κ2) is 5.05. The topological polar surface area (TPSA) is 56.4 Å². The van der Waals surface area contributed by atoms with Crippen LogP contribution >= 0.6 is 0 Å². The number of hydrogen-bond donors (Lipinski definition) is 1. The number of methoxy groups -OCH3 is 3. The number of fused-ring (bicyclic) bond motifs is 5. The van der Waals surface area contributed by atoms with Gasteiger partial charge in [-0.25, -0.2) is 4.98 Å². The van der Waals surface area contributed by atoms with E-state index in [0.717, 1.165) is 32.7 Å². The molecule has 0 radical (unpaired) electrons. The van der Waals surface area contributed by atoms with Crippen molar-refractivity contribution in [3.63, 3.8) is 0 Å². The molecule has 2 aromatic carbocycles. The van der Waals surface area contributed by atoms with E-state index in [4.69, 9.17) is 19.2 Å². The molecule has 0 aliphatic carbocycles. The summed E-state index contributed by atoms with van der Waals surface area (Å²) in [5.74, 6) is 1.89. The van der Waals surface area contributed by atoms with Gasteiger partial charge in [0.25, 0.3) is 0 Å². The maximum Gasteiger partial charge on any atom is 0.221 e. The summed E-state index contributed by atoms with van der Waals surface area (Å²) in [4.78, 5) is 8.14. The van der Waals surface area contributed by atoms with Crippen molar-refractivity contribution in [1.29, 1.82) is 0 Å². The zero-order valence-corrected chi connectivity index (χ0v) is 13.1. The Bertz CT molecular complexity index is 1040. The number of aromatic amines is 1. The van der Waals surface area contributed by atoms with Crippen LogP contribution in [0.3, 0.4) is 0 Å². The van der Waals surface area contributed by atoms with Crippen molar-refractivity contribution in [2.45, 2.75) is 0 Å². The van der Waals surface area contributed by atoms with Crippen LogP contribution in [0.2, 0.25) is 0 Å². The highest BCUT2D eigenvalue weighted by molar-refractivity contribution is 6.16. The quantitative estimate of drug-likeness (QED) is 0.624. The van der Waals surface area contributed by atoms with E-state index in [1.54, 1.807) is 21.3 Å². The molecular weight excluding hydrogens is 292 g/mol. The summed E-state index contributed by atoms with van der Waals surface area (Å²) >= 11 is 0. The van der Waals surface area contributed by atoms with E-state index in [1.165, 1.54) is 0 Å². The summed E-state index contributed by atoms with van der Waals surface area (Å²) in [5, 5.41) is 2.93. The van der Waals surface area contributed by atoms with E-state index in [2.05, 4.69) is 4.98 Å². The molecule has 0 atom stereocenters. The van der Waals surface area contributed by atoms with Gasteiger partial charge < -0.3 is 19.2 Å². The maximum atomic E-state index is 5.51. The Balaban J connectivity index is 2.22. The molecule has 0 bridgehead atoms. The van der Waals surface area contributed by atoms with Gasteiger partial charge in [0.2, 0.25) is 5.88 Å². The minimum absolute atomic E-state index is 0.568. The molecule has 2 heterocycles. The van der Waals surface area contributed by atoms with E-state index in [1.807, 2.05) is 36.4 Å². The first kappa shape index (κ1) is 13.7. The highest BCUT2D eigenvalue weighted by Gasteiger charge is 2.16. The zero-order chi connectivity index (χ0) is 16.0. The average Bonchev–Trinajstić information content (AvgIpc) is 2.98. The van der Waals surface area contributed by atoms with Crippen LogP contribution in [0.1, 0.15) is 0 Å². The number of hydrogen-bond acceptors (Lipinski definition) is 4. The minimum Gasteiger partial charge on any atom is -0.493 e. The molecule has 4 rings (SSSR count). The fourth-order valence-corrected chi connectivity index (χ4v) is 3.02. The van der Waals surface area contributed by atoms with Gasteiger partial charge in [0.15, 0.2) is 11.5 Å². The summed E-state index contributed by atoms with van der Waals surface area (Å²) in [6.45, 7) is 0. The van der Waals surface area contributed by atoms with Crippen molar-refractivity contribution in [2.75, 3.05) is 21.3 Å². The van der Waals surface area contributed by atoms with Gasteiger partial charge >= 0.3 is 0 Å². The lowest BCUT2D eigenvalue weighted by molar-refractivity contribution is 0.355. The third-order valence-electron chi connectivity index (χ3n) is 4.11. The molecule has 0 aliphatic heterocycles. The Labute approximate surface area is 132 Å². The summed E-state index contributed by atoms with van der Waals surface area (Å²) in [6, 6.07) is 11.9. The monoisotopic (exact) mass is 308 g/mol. The van der Waals surface area contributed by atoms with Gasteiger partial charge in [0.1, 0.15) is 5.52 Å². The Morgan fingerprint density at radius 1 is 0.826 bits per heavy atom. The molecule has 0 amide bonds. The first-order valence-corrected chi connectivity index (χ1v) is 7.27. The molecule has 1 N–H and O–H groups in total. The van der Waals surface area contributed by atoms with Crippen LogP contribution in [0.4, 0.5) is 0 Å². The van der Waals surface area contributed by atoms with Crippen LogP contribution in [-0.4, -0.2) is 31.3 Å². The highest BCUT2D eigenvalue weighted by atomic mass is 16.5. The van der Waals surface area contributed by atoms with Gasteiger partial charge in [-0.15, -0.1) is 0 Å². The molecule has 5 nitrogen and oxygen atoms in total. The van der Waals surface area contributed by atoms with Crippen LogP contribution < -0.4 is 14.2 Å². The molecular formula is C18H16N2O3. The molecule has 23 heavy (non-hydrogen) atoms. The van der Waals surface area contributed by atoms with Gasteiger partial charge in [-0.3, -0.25) is 0 Å². The Kier molecular flexibility index (Phi) is 3.01. The predicted octanol–water partition coefficient (Wildman–Crippen LogP) is 3.90. The van der Waals surface area contributed by atoms with Gasteiger partial charge in [0, 0.05) is 16.3 Å². The molecule has 2 aromatic heterocycles. The number of pyridine rings is 1. The average molecular weight is 308 g/mol. The number of nitrogens with one attached hydrogen (secondary N) is 1. The van der Waals surface area contributed by atoms with Crippen LogP contribution in [0, 0.1) is 0 Å². The van der Waals surface area contributed by atoms with E-state index in [9.17, 15) is 0 Å². The van der Waals surface area contributed by atoms with E-state index in [0.29, 0.717) is 17.4 Å². The van der Waals surface area contributed by atoms with Crippen molar-refractivity contribution in [3.8, 4) is 17.4 Å². The normalized spacial score (nSPS) is 11.3. The number of para-hydroxylation sites is 1. The smallest absolute Gasteiger partial charge is 0.221 e. The number of H-pyrrole nitrogens is 1. The molecule has 0 saturated heterocycles. The first-order chi connectivity index (χ1) is 11.3. The SMILES string of the molecule is COc1cc2c(OC)nc3c4ccccc4[nH]c3c2cc1OC. The third kappa shape index (κ3) is 1.90. The van der Waals surface area contributed by atoms with Crippen LogP contribution in [0.25, 0.3) is 32.7 Å². The Morgan fingerprint density at radius 3 is 2.22 bits per heavy atom. The second-order valence-corrected chi connectivity index (χ2v) is 5.27. The minimum atomic E-state index is 0.568. The van der Waals surface area contributed by atoms with Crippen LogP contribution in [0.5, 0.6) is 17.4 Å². The lowest BCUT2D eigenvalue weighted by Gasteiger charge is -2.11. The third-order valence-corrected chi connectivity index (χ3v) is 4.11. The standard InChI is InChI=1S/C18H16N2O3/c1-21-14-8-11-12(9-15(14)22-2)18(23-3)20-16-10-6-4-5-7-13(10)19-17(11)16/h4-9,19H,1-3H3. The number of nitrogens with zero attached hydrogens (tertiary/aromatic N) is 1. The molecule has 5 heteroatoms. The number of rotatable bonds is 3. The van der Waals surface area contributed by atoms with Crippen molar-refractivity contribution in [2.24, 2.45) is 0 Å². The Morgan fingerprint density at radius 2 is 1.52 bits per heavy atom. The molecule has 0 spiro atoms.